The van der Waals surface area contributed by atoms with Crippen molar-refractivity contribution in [3.63, 3.8) is 0 Å². The molecule has 3 heteroatoms. The molecule has 3 aromatic heterocycles. The number of furan rings is 1. The summed E-state index contributed by atoms with van der Waals surface area (Å²) in [6, 6.07) is 47.5. The molecule has 42 heavy (non-hydrogen) atoms. The van der Waals surface area contributed by atoms with E-state index in [9.17, 15) is 0 Å². The van der Waals surface area contributed by atoms with Crippen molar-refractivity contribution < 1.29 is 4.42 Å². The summed E-state index contributed by atoms with van der Waals surface area (Å²) in [6.07, 6.45) is 3.92. The standard InChI is InChI=1S/C39H24N2O/c1-2-9-29(32-13-7-14-33-31-11-5-6-15-37(31)42-38(32)33)28(8-1)26-18-16-25(17-19-26)27-20-21-36-35(24-27)30-10-3-4-12-34(30)39-40-22-23-41(36)39/h1-24H. The molecule has 0 aliphatic rings. The van der Waals surface area contributed by atoms with E-state index >= 15 is 0 Å². The Balaban J connectivity index is 1.16. The highest BCUT2D eigenvalue weighted by molar-refractivity contribution is 6.13. The summed E-state index contributed by atoms with van der Waals surface area (Å²) >= 11 is 0. The van der Waals surface area contributed by atoms with Crippen LogP contribution < -0.4 is 0 Å². The molecule has 0 amide bonds. The Morgan fingerprint density at radius 1 is 0.476 bits per heavy atom. The molecule has 196 valence electrons. The quantitative estimate of drug-likeness (QED) is 0.210. The normalized spacial score (nSPS) is 11.8. The van der Waals surface area contributed by atoms with Crippen LogP contribution >= 0.6 is 0 Å². The van der Waals surface area contributed by atoms with Crippen LogP contribution in [0.3, 0.4) is 0 Å². The van der Waals surface area contributed by atoms with Crippen molar-refractivity contribution >= 4 is 49.3 Å². The summed E-state index contributed by atoms with van der Waals surface area (Å²) in [5, 5.41) is 5.90. The number of benzene rings is 6. The summed E-state index contributed by atoms with van der Waals surface area (Å²) < 4.78 is 8.57. The number of imidazole rings is 1. The zero-order chi connectivity index (χ0) is 27.6. The Hall–Kier alpha value is -5.67. The smallest absolute Gasteiger partial charge is 0.145 e. The van der Waals surface area contributed by atoms with Gasteiger partial charge in [0.05, 0.1) is 5.52 Å². The van der Waals surface area contributed by atoms with E-state index in [0.29, 0.717) is 0 Å². The van der Waals surface area contributed by atoms with E-state index < -0.39 is 0 Å². The van der Waals surface area contributed by atoms with Crippen molar-refractivity contribution in [1.82, 2.24) is 9.38 Å². The fourth-order valence-corrected chi connectivity index (χ4v) is 6.52. The van der Waals surface area contributed by atoms with Crippen LogP contribution in [0.25, 0.3) is 82.6 Å². The van der Waals surface area contributed by atoms with Crippen molar-refractivity contribution in [1.29, 1.82) is 0 Å². The van der Waals surface area contributed by atoms with Crippen LogP contribution in [-0.4, -0.2) is 9.38 Å². The average molecular weight is 537 g/mol. The third-order valence-electron chi connectivity index (χ3n) is 8.51. The second-order valence-corrected chi connectivity index (χ2v) is 10.8. The van der Waals surface area contributed by atoms with Crippen LogP contribution in [-0.2, 0) is 0 Å². The Kier molecular flexibility index (Phi) is 4.90. The first-order valence-electron chi connectivity index (χ1n) is 14.2. The second-order valence-electron chi connectivity index (χ2n) is 10.8. The minimum absolute atomic E-state index is 0.915. The van der Waals surface area contributed by atoms with E-state index in [1.165, 1.54) is 38.4 Å². The average Bonchev–Trinajstić information content (AvgIpc) is 3.71. The van der Waals surface area contributed by atoms with Gasteiger partial charge in [-0.3, -0.25) is 4.40 Å². The number of rotatable bonds is 3. The lowest BCUT2D eigenvalue weighted by molar-refractivity contribution is 0.670. The Labute approximate surface area is 241 Å². The summed E-state index contributed by atoms with van der Waals surface area (Å²) in [7, 11) is 0. The maximum absolute atomic E-state index is 6.39. The van der Waals surface area contributed by atoms with Gasteiger partial charge in [0.1, 0.15) is 16.8 Å². The number of pyridine rings is 1. The molecule has 0 atom stereocenters. The van der Waals surface area contributed by atoms with E-state index in [2.05, 4.69) is 131 Å². The van der Waals surface area contributed by atoms with Gasteiger partial charge in [0.25, 0.3) is 0 Å². The molecule has 0 unspecified atom stereocenters. The molecule has 9 rings (SSSR count). The molecule has 0 fully saturated rings. The van der Waals surface area contributed by atoms with Gasteiger partial charge in [0.2, 0.25) is 0 Å². The Bertz CT molecular complexity index is 2460. The number of hydrogen-bond acceptors (Lipinski definition) is 2. The summed E-state index contributed by atoms with van der Waals surface area (Å²) in [6.45, 7) is 0. The lowest BCUT2D eigenvalue weighted by Crippen LogP contribution is -1.91. The molecule has 0 N–H and O–H groups in total. The number of fused-ring (bicyclic) bond motifs is 9. The van der Waals surface area contributed by atoms with Crippen LogP contribution in [0.5, 0.6) is 0 Å². The van der Waals surface area contributed by atoms with E-state index in [-0.39, 0.29) is 0 Å². The number of aromatic nitrogens is 2. The van der Waals surface area contributed by atoms with Gasteiger partial charge in [-0.1, -0.05) is 115 Å². The van der Waals surface area contributed by atoms with Crippen LogP contribution in [0.2, 0.25) is 0 Å². The summed E-state index contributed by atoms with van der Waals surface area (Å²) in [4.78, 5) is 4.63. The number of para-hydroxylation sites is 2. The maximum Gasteiger partial charge on any atom is 0.145 e. The highest BCUT2D eigenvalue weighted by Gasteiger charge is 2.15. The Morgan fingerprint density at radius 2 is 1.14 bits per heavy atom. The highest BCUT2D eigenvalue weighted by Crippen LogP contribution is 2.40. The molecule has 0 saturated carbocycles. The first-order chi connectivity index (χ1) is 20.8. The van der Waals surface area contributed by atoms with Gasteiger partial charge >= 0.3 is 0 Å². The van der Waals surface area contributed by atoms with Crippen LogP contribution in [0.15, 0.2) is 150 Å². The fraction of sp³-hybridized carbons (Fsp3) is 0. The molecule has 3 heterocycles. The van der Waals surface area contributed by atoms with Crippen molar-refractivity contribution in [3.05, 3.63) is 146 Å². The van der Waals surface area contributed by atoms with Crippen molar-refractivity contribution in [2.24, 2.45) is 0 Å². The molecular formula is C39H24N2O. The first-order valence-corrected chi connectivity index (χ1v) is 14.2. The zero-order valence-corrected chi connectivity index (χ0v) is 22.7. The first kappa shape index (κ1) is 23.1. The number of hydrogen-bond donors (Lipinski definition) is 0. The minimum Gasteiger partial charge on any atom is -0.455 e. The molecule has 6 aromatic carbocycles. The predicted octanol–water partition coefficient (Wildman–Crippen LogP) is 10.5. The minimum atomic E-state index is 0.915. The summed E-state index contributed by atoms with van der Waals surface area (Å²) in [5.41, 5.74) is 11.0. The van der Waals surface area contributed by atoms with Gasteiger partial charge in [0, 0.05) is 39.5 Å². The van der Waals surface area contributed by atoms with Gasteiger partial charge in [0.15, 0.2) is 0 Å². The molecule has 0 spiro atoms. The van der Waals surface area contributed by atoms with Gasteiger partial charge in [-0.2, -0.15) is 0 Å². The zero-order valence-electron chi connectivity index (χ0n) is 22.7. The van der Waals surface area contributed by atoms with Crippen molar-refractivity contribution in [2.45, 2.75) is 0 Å². The second kappa shape index (κ2) is 8.92. The number of nitrogens with zero attached hydrogens (tertiary/aromatic N) is 2. The molecule has 9 aromatic rings. The van der Waals surface area contributed by atoms with E-state index in [0.717, 1.165) is 44.2 Å². The molecule has 0 aliphatic carbocycles. The molecule has 0 radical (unpaired) electrons. The fourth-order valence-electron chi connectivity index (χ4n) is 6.52. The Morgan fingerprint density at radius 3 is 2.02 bits per heavy atom. The predicted molar refractivity (Wildman–Crippen MR) is 174 cm³/mol. The van der Waals surface area contributed by atoms with E-state index in [4.69, 9.17) is 4.42 Å². The van der Waals surface area contributed by atoms with Crippen molar-refractivity contribution in [2.75, 3.05) is 0 Å². The van der Waals surface area contributed by atoms with E-state index in [1.54, 1.807) is 0 Å². The van der Waals surface area contributed by atoms with Gasteiger partial charge in [-0.25, -0.2) is 4.98 Å². The van der Waals surface area contributed by atoms with Gasteiger partial charge < -0.3 is 4.42 Å². The molecule has 3 nitrogen and oxygen atoms in total. The van der Waals surface area contributed by atoms with Crippen molar-refractivity contribution in [3.8, 4) is 33.4 Å². The molecular weight excluding hydrogens is 512 g/mol. The topological polar surface area (TPSA) is 30.4 Å². The molecule has 0 aliphatic heterocycles. The van der Waals surface area contributed by atoms with Crippen LogP contribution in [0, 0.1) is 0 Å². The molecule has 0 saturated heterocycles. The maximum atomic E-state index is 6.39. The van der Waals surface area contributed by atoms with E-state index in [1.807, 2.05) is 24.5 Å². The van der Waals surface area contributed by atoms with Crippen LogP contribution in [0.4, 0.5) is 0 Å². The van der Waals surface area contributed by atoms with Gasteiger partial charge in [-0.15, -0.1) is 0 Å². The highest BCUT2D eigenvalue weighted by atomic mass is 16.3. The largest absolute Gasteiger partial charge is 0.455 e. The third kappa shape index (κ3) is 3.37. The van der Waals surface area contributed by atoms with Gasteiger partial charge in [-0.05, 0) is 51.4 Å². The molecule has 0 bridgehead atoms. The van der Waals surface area contributed by atoms with Crippen LogP contribution in [0.1, 0.15) is 0 Å². The monoisotopic (exact) mass is 536 g/mol. The lowest BCUT2D eigenvalue weighted by Gasteiger charge is -2.13. The summed E-state index contributed by atoms with van der Waals surface area (Å²) in [5.74, 6) is 0. The lowest BCUT2D eigenvalue weighted by atomic mass is 9.92. The third-order valence-corrected chi connectivity index (χ3v) is 8.51. The SMILES string of the molecule is c1ccc(-c2cccc3c2oc2ccccc23)c(-c2ccc(-c3ccc4c(c3)c3ccccc3c3nccn43)cc2)c1.